The Hall–Kier alpha value is -1.64. The van der Waals surface area contributed by atoms with Crippen LogP contribution in [0.5, 0.6) is 0 Å². The number of ether oxygens (including phenoxy) is 1. The third-order valence-electron chi connectivity index (χ3n) is 3.81. The Balaban J connectivity index is 2.01. The molecule has 9 heteroatoms. The molecule has 2 rings (SSSR count). The van der Waals surface area contributed by atoms with Gasteiger partial charge in [0.05, 0.1) is 10.6 Å². The number of amides is 1. The van der Waals surface area contributed by atoms with Gasteiger partial charge >= 0.3 is 5.97 Å². The molecule has 1 saturated heterocycles. The number of piperidine rings is 1. The van der Waals surface area contributed by atoms with Crippen molar-refractivity contribution in [1.29, 1.82) is 0 Å². The first kappa shape index (κ1) is 18.7. The van der Waals surface area contributed by atoms with Gasteiger partial charge in [-0.25, -0.2) is 18.4 Å². The van der Waals surface area contributed by atoms with Gasteiger partial charge in [0, 0.05) is 13.1 Å². The second-order valence-corrected chi connectivity index (χ2v) is 7.79. The van der Waals surface area contributed by atoms with Gasteiger partial charge in [-0.3, -0.25) is 4.79 Å². The largest absolute Gasteiger partial charge is 0.452 e. The standard InChI is InChI=1S/C15H19ClN2O5S/c1-10-3-2-6-18(8-10)14(19)9-23-15(20)11-4-5-12(16)13(7-11)24(17,21)22/h4-5,7,10H,2-3,6,8-9H2,1H3,(H2,17,21,22)/t10-/m0/s1. The van der Waals surface area contributed by atoms with Gasteiger partial charge in [0.2, 0.25) is 10.0 Å². The summed E-state index contributed by atoms with van der Waals surface area (Å²) in [6.45, 7) is 2.97. The molecule has 1 fully saturated rings. The fraction of sp³-hybridized carbons (Fsp3) is 0.467. The Kier molecular flexibility index (Phi) is 5.84. The predicted octanol–water partition coefficient (Wildman–Crippen LogP) is 1.40. The van der Waals surface area contributed by atoms with Gasteiger partial charge in [-0.2, -0.15) is 0 Å². The van der Waals surface area contributed by atoms with Gasteiger partial charge in [-0.05, 0) is 37.0 Å². The predicted molar refractivity (Wildman–Crippen MR) is 88.1 cm³/mol. The minimum atomic E-state index is -4.06. The van der Waals surface area contributed by atoms with E-state index < -0.39 is 16.0 Å². The second kappa shape index (κ2) is 7.50. The fourth-order valence-electron chi connectivity index (χ4n) is 2.57. The van der Waals surface area contributed by atoms with E-state index in [2.05, 4.69) is 6.92 Å². The van der Waals surface area contributed by atoms with Crippen LogP contribution in [0.4, 0.5) is 0 Å². The van der Waals surface area contributed by atoms with Crippen LogP contribution in [0.2, 0.25) is 5.02 Å². The molecule has 1 aromatic carbocycles. The van der Waals surface area contributed by atoms with E-state index in [1.54, 1.807) is 4.90 Å². The maximum Gasteiger partial charge on any atom is 0.338 e. The van der Waals surface area contributed by atoms with Crippen molar-refractivity contribution in [3.63, 3.8) is 0 Å². The van der Waals surface area contributed by atoms with E-state index >= 15 is 0 Å². The summed E-state index contributed by atoms with van der Waals surface area (Å²) in [4.78, 5) is 25.4. The highest BCUT2D eigenvalue weighted by Crippen LogP contribution is 2.22. The molecule has 0 saturated carbocycles. The summed E-state index contributed by atoms with van der Waals surface area (Å²) in [5.41, 5.74) is -0.0387. The molecule has 24 heavy (non-hydrogen) atoms. The van der Waals surface area contributed by atoms with Crippen molar-refractivity contribution >= 4 is 33.5 Å². The second-order valence-electron chi connectivity index (χ2n) is 5.85. The van der Waals surface area contributed by atoms with Crippen molar-refractivity contribution < 1.29 is 22.7 Å². The number of carbonyl (C=O) groups is 2. The normalized spacial score (nSPS) is 18.3. The molecule has 0 spiro atoms. The lowest BCUT2D eigenvalue weighted by Crippen LogP contribution is -2.41. The Morgan fingerprint density at radius 1 is 1.42 bits per heavy atom. The number of esters is 1. The number of carbonyl (C=O) groups excluding carboxylic acids is 2. The minimum absolute atomic E-state index is 0.0387. The van der Waals surface area contributed by atoms with Gasteiger partial charge in [0.25, 0.3) is 5.91 Å². The van der Waals surface area contributed by atoms with E-state index in [4.69, 9.17) is 21.5 Å². The molecule has 1 aliphatic rings. The minimum Gasteiger partial charge on any atom is -0.452 e. The average Bonchev–Trinajstić information content (AvgIpc) is 2.51. The molecular formula is C15H19ClN2O5S. The Morgan fingerprint density at radius 2 is 2.12 bits per heavy atom. The first-order valence-electron chi connectivity index (χ1n) is 7.45. The van der Waals surface area contributed by atoms with Crippen molar-refractivity contribution in [2.24, 2.45) is 11.1 Å². The van der Waals surface area contributed by atoms with Crippen molar-refractivity contribution in [3.05, 3.63) is 28.8 Å². The van der Waals surface area contributed by atoms with E-state index in [0.717, 1.165) is 18.9 Å². The molecule has 1 aromatic rings. The van der Waals surface area contributed by atoms with Crippen LogP contribution in [-0.2, 0) is 19.6 Å². The van der Waals surface area contributed by atoms with Crippen molar-refractivity contribution in [2.45, 2.75) is 24.7 Å². The monoisotopic (exact) mass is 374 g/mol. The number of nitrogens with zero attached hydrogens (tertiary/aromatic N) is 1. The van der Waals surface area contributed by atoms with Crippen LogP contribution in [-0.4, -0.2) is 44.9 Å². The Bertz CT molecular complexity index is 750. The molecule has 1 aliphatic heterocycles. The quantitative estimate of drug-likeness (QED) is 0.801. The van der Waals surface area contributed by atoms with Crippen LogP contribution in [0.25, 0.3) is 0 Å². The van der Waals surface area contributed by atoms with Gasteiger partial charge < -0.3 is 9.64 Å². The zero-order valence-corrected chi connectivity index (χ0v) is 14.8. The lowest BCUT2D eigenvalue weighted by atomic mass is 10.0. The van der Waals surface area contributed by atoms with Gasteiger partial charge in [-0.1, -0.05) is 18.5 Å². The van der Waals surface area contributed by atoms with E-state index in [1.165, 1.54) is 12.1 Å². The van der Waals surface area contributed by atoms with Crippen LogP contribution in [0.1, 0.15) is 30.1 Å². The van der Waals surface area contributed by atoms with Gasteiger partial charge in [0.1, 0.15) is 4.90 Å². The number of primary sulfonamides is 1. The van der Waals surface area contributed by atoms with Crippen LogP contribution in [0.15, 0.2) is 23.1 Å². The van der Waals surface area contributed by atoms with Crippen LogP contribution < -0.4 is 5.14 Å². The Labute approximate surface area is 145 Å². The highest BCUT2D eigenvalue weighted by Gasteiger charge is 2.23. The van der Waals surface area contributed by atoms with Crippen LogP contribution in [0.3, 0.4) is 0 Å². The Morgan fingerprint density at radius 3 is 2.75 bits per heavy atom. The van der Waals surface area contributed by atoms with Crippen LogP contribution >= 0.6 is 11.6 Å². The molecule has 0 bridgehead atoms. The summed E-state index contributed by atoms with van der Waals surface area (Å²) in [6, 6.07) is 3.59. The summed E-state index contributed by atoms with van der Waals surface area (Å²) in [7, 11) is -4.06. The third kappa shape index (κ3) is 4.68. The number of sulfonamides is 1. The first-order chi connectivity index (χ1) is 11.2. The molecule has 1 atom stereocenters. The summed E-state index contributed by atoms with van der Waals surface area (Å²) < 4.78 is 27.8. The molecule has 132 valence electrons. The summed E-state index contributed by atoms with van der Waals surface area (Å²) in [6.07, 6.45) is 2.00. The fourth-order valence-corrected chi connectivity index (χ4v) is 3.64. The van der Waals surface area contributed by atoms with Crippen molar-refractivity contribution in [3.8, 4) is 0 Å². The van der Waals surface area contributed by atoms with Gasteiger partial charge in [-0.15, -0.1) is 0 Å². The molecule has 1 heterocycles. The average molecular weight is 375 g/mol. The highest BCUT2D eigenvalue weighted by molar-refractivity contribution is 7.89. The highest BCUT2D eigenvalue weighted by atomic mass is 35.5. The molecule has 0 unspecified atom stereocenters. The molecule has 7 nitrogen and oxygen atoms in total. The molecule has 1 amide bonds. The number of hydrogen-bond acceptors (Lipinski definition) is 5. The topological polar surface area (TPSA) is 107 Å². The smallest absolute Gasteiger partial charge is 0.338 e. The number of nitrogens with two attached hydrogens (primary N) is 1. The molecule has 0 radical (unpaired) electrons. The number of rotatable bonds is 4. The molecule has 2 N–H and O–H groups in total. The van der Waals surface area contributed by atoms with Crippen molar-refractivity contribution in [2.75, 3.05) is 19.7 Å². The molecular weight excluding hydrogens is 356 g/mol. The third-order valence-corrected chi connectivity index (χ3v) is 5.20. The summed E-state index contributed by atoms with van der Waals surface area (Å²) in [5.74, 6) is -0.655. The van der Waals surface area contributed by atoms with E-state index in [1.807, 2.05) is 0 Å². The lowest BCUT2D eigenvalue weighted by Gasteiger charge is -2.30. The number of benzene rings is 1. The number of hydrogen-bond donors (Lipinski definition) is 1. The zero-order valence-electron chi connectivity index (χ0n) is 13.2. The first-order valence-corrected chi connectivity index (χ1v) is 9.38. The lowest BCUT2D eigenvalue weighted by molar-refractivity contribution is -0.136. The van der Waals surface area contributed by atoms with Crippen molar-refractivity contribution in [1.82, 2.24) is 4.90 Å². The van der Waals surface area contributed by atoms with E-state index in [9.17, 15) is 18.0 Å². The molecule has 0 aromatic heterocycles. The maximum absolute atomic E-state index is 12.1. The number of halogens is 1. The maximum atomic E-state index is 12.1. The van der Waals surface area contributed by atoms with Gasteiger partial charge in [0.15, 0.2) is 6.61 Å². The van der Waals surface area contributed by atoms with E-state index in [0.29, 0.717) is 19.0 Å². The number of likely N-dealkylation sites (tertiary alicyclic amines) is 1. The zero-order chi connectivity index (χ0) is 17.9. The van der Waals surface area contributed by atoms with Crippen LogP contribution in [0, 0.1) is 5.92 Å². The van der Waals surface area contributed by atoms with E-state index in [-0.39, 0.29) is 28.0 Å². The summed E-state index contributed by atoms with van der Waals surface area (Å²) in [5, 5.41) is 4.94. The SMILES string of the molecule is C[C@H]1CCCN(C(=O)COC(=O)c2ccc(Cl)c(S(N)(=O)=O)c2)C1. The molecule has 0 aliphatic carbocycles. The summed E-state index contributed by atoms with van der Waals surface area (Å²) >= 11 is 5.76.